The first-order valence-electron chi connectivity index (χ1n) is 16.8. The van der Waals surface area contributed by atoms with Gasteiger partial charge in [-0.05, 0) is 124 Å². The molecule has 0 N–H and O–H groups in total. The number of esters is 1. The van der Waals surface area contributed by atoms with Crippen LogP contribution in [0.15, 0.2) is 60.7 Å². The van der Waals surface area contributed by atoms with Crippen molar-refractivity contribution in [3.8, 4) is 11.5 Å². The van der Waals surface area contributed by atoms with E-state index < -0.39 is 5.60 Å². The number of ether oxygens (including phenoxy) is 4. The van der Waals surface area contributed by atoms with Gasteiger partial charge in [0.2, 0.25) is 0 Å². The Bertz CT molecular complexity index is 1580. The van der Waals surface area contributed by atoms with Crippen LogP contribution in [0.25, 0.3) is 0 Å². The van der Waals surface area contributed by atoms with E-state index in [1.54, 1.807) is 13.2 Å². The Balaban J connectivity index is 1.29. The predicted octanol–water partition coefficient (Wildman–Crippen LogP) is 7.98. The minimum Gasteiger partial charge on any atom is -0.497 e. The molecular formula is C39H46ClNO6. The number of benzene rings is 3. The molecule has 0 bridgehead atoms. The van der Waals surface area contributed by atoms with Crippen molar-refractivity contribution in [2.75, 3.05) is 31.7 Å². The number of aldehydes is 1. The zero-order valence-electron chi connectivity index (χ0n) is 27.9. The summed E-state index contributed by atoms with van der Waals surface area (Å²) < 4.78 is 24.1. The van der Waals surface area contributed by atoms with Crippen molar-refractivity contribution in [3.63, 3.8) is 0 Å². The third kappa shape index (κ3) is 7.47. The number of rotatable bonds is 10. The molecule has 7 nitrogen and oxygen atoms in total. The van der Waals surface area contributed by atoms with E-state index in [1.807, 2.05) is 63.2 Å². The minimum absolute atomic E-state index is 0.171. The first kappa shape index (κ1) is 33.4. The third-order valence-electron chi connectivity index (χ3n) is 10.0. The van der Waals surface area contributed by atoms with Gasteiger partial charge in [0.05, 0.1) is 37.7 Å². The lowest BCUT2D eigenvalue weighted by atomic mass is 9.68. The highest BCUT2D eigenvalue weighted by Gasteiger charge is 2.44. The summed E-state index contributed by atoms with van der Waals surface area (Å²) in [6.07, 6.45) is 6.27. The Morgan fingerprint density at radius 2 is 1.91 bits per heavy atom. The number of halogens is 1. The van der Waals surface area contributed by atoms with E-state index >= 15 is 0 Å². The number of aryl methyl sites for hydroxylation is 1. The van der Waals surface area contributed by atoms with E-state index in [2.05, 4.69) is 17.0 Å². The monoisotopic (exact) mass is 659 g/mol. The van der Waals surface area contributed by atoms with Gasteiger partial charge >= 0.3 is 5.97 Å². The van der Waals surface area contributed by atoms with Crippen molar-refractivity contribution in [1.29, 1.82) is 0 Å². The summed E-state index contributed by atoms with van der Waals surface area (Å²) in [7, 11) is 1.65. The molecular weight excluding hydrogens is 614 g/mol. The summed E-state index contributed by atoms with van der Waals surface area (Å²) in [5, 5.41) is 0.755. The number of anilines is 1. The molecule has 8 heteroatoms. The largest absolute Gasteiger partial charge is 0.497 e. The molecule has 3 aromatic carbocycles. The average molecular weight is 660 g/mol. The van der Waals surface area contributed by atoms with E-state index in [0.29, 0.717) is 31.1 Å². The van der Waals surface area contributed by atoms with Gasteiger partial charge in [0.1, 0.15) is 23.4 Å². The van der Waals surface area contributed by atoms with Crippen LogP contribution in [0.1, 0.15) is 79.9 Å². The summed E-state index contributed by atoms with van der Waals surface area (Å²) >= 11 is 6.45. The van der Waals surface area contributed by atoms with Crippen molar-refractivity contribution >= 4 is 29.5 Å². The number of nitrogens with zero attached hydrogens (tertiary/aromatic N) is 1. The maximum Gasteiger partial charge on any atom is 0.338 e. The Morgan fingerprint density at radius 3 is 2.62 bits per heavy atom. The fourth-order valence-corrected chi connectivity index (χ4v) is 7.75. The van der Waals surface area contributed by atoms with Crippen LogP contribution >= 0.6 is 11.6 Å². The van der Waals surface area contributed by atoms with E-state index in [4.69, 9.17) is 30.5 Å². The molecule has 1 spiro atoms. The van der Waals surface area contributed by atoms with Crippen LogP contribution < -0.4 is 14.4 Å². The average Bonchev–Trinajstić information content (AvgIpc) is 3.18. The highest BCUT2D eigenvalue weighted by molar-refractivity contribution is 6.30. The van der Waals surface area contributed by atoms with Gasteiger partial charge in [0, 0.05) is 29.9 Å². The maximum atomic E-state index is 13.2. The Morgan fingerprint density at radius 1 is 1.11 bits per heavy atom. The number of hydrogen-bond donors (Lipinski definition) is 0. The molecule has 0 radical (unpaired) electrons. The second-order valence-electron chi connectivity index (χ2n) is 14.4. The van der Waals surface area contributed by atoms with Crippen LogP contribution in [0, 0.1) is 11.8 Å². The molecule has 1 heterocycles. The normalized spacial score (nSPS) is 22.6. The summed E-state index contributed by atoms with van der Waals surface area (Å²) in [4.78, 5) is 27.5. The van der Waals surface area contributed by atoms with Crippen molar-refractivity contribution in [2.45, 2.75) is 83.0 Å². The Kier molecular flexibility index (Phi) is 9.86. The molecule has 47 heavy (non-hydrogen) atoms. The van der Waals surface area contributed by atoms with Crippen LogP contribution in [-0.2, 0) is 32.7 Å². The molecule has 0 amide bonds. The lowest BCUT2D eigenvalue weighted by molar-refractivity contribution is -0.114. The fourth-order valence-electron chi connectivity index (χ4n) is 7.56. The molecule has 0 unspecified atom stereocenters. The van der Waals surface area contributed by atoms with Crippen LogP contribution in [0.4, 0.5) is 5.69 Å². The lowest BCUT2D eigenvalue weighted by Gasteiger charge is -2.46. The molecule has 6 rings (SSSR count). The molecule has 3 aromatic rings. The Labute approximate surface area is 283 Å². The second kappa shape index (κ2) is 13.9. The fraction of sp³-hybridized carbons (Fsp3) is 0.487. The van der Waals surface area contributed by atoms with Gasteiger partial charge in [-0.1, -0.05) is 29.8 Å². The molecule has 1 saturated carbocycles. The van der Waals surface area contributed by atoms with Gasteiger partial charge in [-0.15, -0.1) is 0 Å². The smallest absolute Gasteiger partial charge is 0.338 e. The topological polar surface area (TPSA) is 74.3 Å². The standard InChI is InChI=1S/C39H46ClNO6/c1-38(2,3)47-37(43)28-10-16-36-34(21-28)41(24-39(25-46-36)18-5-6-27-20-30(40)11-15-33(27)39)22-29-9-14-32(29)35(17-19-42)45-23-26-7-12-31(44-4)13-8-26/h7-8,10-13,15-16,19-21,29,32,35H,5-6,9,14,17-18,22-25H2,1-4H3/t29-,32+,35-,39-/m0/s1. The van der Waals surface area contributed by atoms with E-state index in [-0.39, 0.29) is 23.4 Å². The molecule has 0 saturated heterocycles. The zero-order chi connectivity index (χ0) is 33.2. The van der Waals surface area contributed by atoms with Crippen LogP contribution in [-0.4, -0.2) is 50.8 Å². The Hall–Kier alpha value is -3.55. The highest BCUT2D eigenvalue weighted by Crippen LogP contribution is 2.47. The van der Waals surface area contributed by atoms with Crippen molar-refractivity contribution in [3.05, 3.63) is 87.9 Å². The van der Waals surface area contributed by atoms with Gasteiger partial charge in [-0.25, -0.2) is 4.79 Å². The summed E-state index contributed by atoms with van der Waals surface area (Å²) in [6.45, 7) is 8.14. The molecule has 3 aliphatic rings. The molecule has 0 aromatic heterocycles. The predicted molar refractivity (Wildman–Crippen MR) is 184 cm³/mol. The van der Waals surface area contributed by atoms with Crippen LogP contribution in [0.3, 0.4) is 0 Å². The molecule has 1 fully saturated rings. The molecule has 250 valence electrons. The van der Waals surface area contributed by atoms with Gasteiger partial charge in [0.15, 0.2) is 0 Å². The van der Waals surface area contributed by atoms with E-state index in [0.717, 1.165) is 79.3 Å². The SMILES string of the molecule is COc1ccc(CO[C@@H](CC=O)[C@@H]2CC[C@H]2CN2C[C@@]3(CCCc4cc(Cl)ccc43)COc3ccc(C(=O)OC(C)(C)C)cc32)cc1. The molecule has 1 aliphatic heterocycles. The molecule has 4 atom stereocenters. The van der Waals surface area contributed by atoms with E-state index in [9.17, 15) is 9.59 Å². The van der Waals surface area contributed by atoms with Crippen molar-refractivity contribution in [1.82, 2.24) is 0 Å². The number of methoxy groups -OCH3 is 1. The quantitative estimate of drug-likeness (QED) is 0.161. The summed E-state index contributed by atoms with van der Waals surface area (Å²) in [5.41, 5.74) is 4.21. The number of carbonyl (C=O) groups excluding carboxylic acids is 2. The van der Waals surface area contributed by atoms with Crippen molar-refractivity contribution < 1.29 is 28.5 Å². The minimum atomic E-state index is -0.601. The number of hydrogen-bond acceptors (Lipinski definition) is 7. The van der Waals surface area contributed by atoms with Crippen LogP contribution in [0.2, 0.25) is 5.02 Å². The first-order chi connectivity index (χ1) is 22.6. The van der Waals surface area contributed by atoms with Crippen LogP contribution in [0.5, 0.6) is 11.5 Å². The van der Waals surface area contributed by atoms with Gasteiger partial charge < -0.3 is 28.6 Å². The summed E-state index contributed by atoms with van der Waals surface area (Å²) in [5.74, 6) is 1.78. The zero-order valence-corrected chi connectivity index (χ0v) is 28.7. The number of fused-ring (bicyclic) bond motifs is 3. The first-order valence-corrected chi connectivity index (χ1v) is 17.2. The number of carbonyl (C=O) groups is 2. The van der Waals surface area contributed by atoms with Gasteiger partial charge in [-0.2, -0.15) is 0 Å². The van der Waals surface area contributed by atoms with Gasteiger partial charge in [0.25, 0.3) is 0 Å². The van der Waals surface area contributed by atoms with Gasteiger partial charge in [-0.3, -0.25) is 0 Å². The summed E-state index contributed by atoms with van der Waals surface area (Å²) in [6, 6.07) is 19.8. The maximum absolute atomic E-state index is 13.2. The second-order valence-corrected chi connectivity index (χ2v) is 14.8. The third-order valence-corrected chi connectivity index (χ3v) is 10.3. The molecule has 2 aliphatic carbocycles. The lowest BCUT2D eigenvalue weighted by Crippen LogP contribution is -2.50. The highest BCUT2D eigenvalue weighted by atomic mass is 35.5. The van der Waals surface area contributed by atoms with Crippen molar-refractivity contribution in [2.24, 2.45) is 11.8 Å². The van der Waals surface area contributed by atoms with E-state index in [1.165, 1.54) is 11.1 Å².